The van der Waals surface area contributed by atoms with Gasteiger partial charge in [-0.1, -0.05) is 18.2 Å². The fourth-order valence-corrected chi connectivity index (χ4v) is 2.24. The van der Waals surface area contributed by atoms with Crippen molar-refractivity contribution in [2.45, 2.75) is 13.0 Å². The predicted octanol–water partition coefficient (Wildman–Crippen LogP) is 2.09. The van der Waals surface area contributed by atoms with E-state index >= 15 is 0 Å². The highest BCUT2D eigenvalue weighted by molar-refractivity contribution is 5.49. The summed E-state index contributed by atoms with van der Waals surface area (Å²) in [5.74, 6) is 0.281. The Morgan fingerprint density at radius 1 is 1.21 bits per heavy atom. The van der Waals surface area contributed by atoms with Gasteiger partial charge in [-0.25, -0.2) is 4.98 Å². The summed E-state index contributed by atoms with van der Waals surface area (Å²) < 4.78 is 1.99. The number of phenols is 1. The number of rotatable bonds is 3. The van der Waals surface area contributed by atoms with Gasteiger partial charge in [0.05, 0.1) is 5.69 Å². The van der Waals surface area contributed by atoms with Gasteiger partial charge < -0.3 is 15.2 Å². The standard InChI is InChI=1S/C15H15N3O/c16-9-12-4-2-6-18-10-13(17-15(12)18)7-11-3-1-5-14(19)8-11/h1-6,8,10,19H,7,9,16H2. The van der Waals surface area contributed by atoms with Crippen LogP contribution in [0.25, 0.3) is 5.65 Å². The summed E-state index contributed by atoms with van der Waals surface area (Å²) in [6.07, 6.45) is 4.66. The average molecular weight is 253 g/mol. The molecule has 0 saturated carbocycles. The Labute approximate surface area is 111 Å². The molecule has 3 N–H and O–H groups in total. The van der Waals surface area contributed by atoms with Crippen molar-refractivity contribution < 1.29 is 5.11 Å². The lowest BCUT2D eigenvalue weighted by molar-refractivity contribution is 0.474. The molecule has 3 aromatic rings. The zero-order chi connectivity index (χ0) is 13.2. The summed E-state index contributed by atoms with van der Waals surface area (Å²) in [6, 6.07) is 11.2. The van der Waals surface area contributed by atoms with Gasteiger partial charge in [-0.3, -0.25) is 0 Å². The Bertz CT molecular complexity index is 718. The molecule has 0 radical (unpaired) electrons. The number of aromatic hydroxyl groups is 1. The summed E-state index contributed by atoms with van der Waals surface area (Å²) >= 11 is 0. The van der Waals surface area contributed by atoms with Crippen molar-refractivity contribution in [3.63, 3.8) is 0 Å². The normalized spacial score (nSPS) is 11.0. The first-order valence-electron chi connectivity index (χ1n) is 6.20. The van der Waals surface area contributed by atoms with Crippen LogP contribution in [0.1, 0.15) is 16.8 Å². The zero-order valence-electron chi connectivity index (χ0n) is 10.5. The van der Waals surface area contributed by atoms with Crippen LogP contribution in [-0.4, -0.2) is 14.5 Å². The molecule has 0 bridgehead atoms. The summed E-state index contributed by atoms with van der Waals surface area (Å²) in [4.78, 5) is 4.61. The van der Waals surface area contributed by atoms with Crippen molar-refractivity contribution in [2.75, 3.05) is 0 Å². The number of imidazole rings is 1. The second kappa shape index (κ2) is 4.74. The molecule has 0 saturated heterocycles. The van der Waals surface area contributed by atoms with Crippen LogP contribution in [0.3, 0.4) is 0 Å². The highest BCUT2D eigenvalue weighted by Crippen LogP contribution is 2.16. The molecule has 0 unspecified atom stereocenters. The molecule has 0 amide bonds. The molecule has 4 nitrogen and oxygen atoms in total. The van der Waals surface area contributed by atoms with Crippen molar-refractivity contribution in [1.82, 2.24) is 9.38 Å². The van der Waals surface area contributed by atoms with Gasteiger partial charge in [0.15, 0.2) is 0 Å². The van der Waals surface area contributed by atoms with E-state index in [2.05, 4.69) is 4.98 Å². The fourth-order valence-electron chi connectivity index (χ4n) is 2.24. The Balaban J connectivity index is 1.98. The van der Waals surface area contributed by atoms with Crippen molar-refractivity contribution in [1.29, 1.82) is 0 Å². The molecule has 96 valence electrons. The first-order chi connectivity index (χ1) is 9.26. The Kier molecular flexibility index (Phi) is 2.93. The Morgan fingerprint density at radius 3 is 2.89 bits per heavy atom. The summed E-state index contributed by atoms with van der Waals surface area (Å²) in [5, 5.41) is 9.47. The number of nitrogens with zero attached hydrogens (tertiary/aromatic N) is 2. The lowest BCUT2D eigenvalue weighted by Crippen LogP contribution is -1.99. The van der Waals surface area contributed by atoms with Gasteiger partial charge in [-0.2, -0.15) is 0 Å². The van der Waals surface area contributed by atoms with Crippen LogP contribution in [0.15, 0.2) is 48.8 Å². The lowest BCUT2D eigenvalue weighted by atomic mass is 10.1. The minimum absolute atomic E-state index is 0.281. The van der Waals surface area contributed by atoms with E-state index in [9.17, 15) is 5.11 Å². The van der Waals surface area contributed by atoms with Crippen molar-refractivity contribution >= 4 is 5.65 Å². The van der Waals surface area contributed by atoms with Crippen molar-refractivity contribution in [3.8, 4) is 5.75 Å². The van der Waals surface area contributed by atoms with Gasteiger partial charge in [-0.05, 0) is 23.8 Å². The minimum atomic E-state index is 0.281. The molecular weight excluding hydrogens is 238 g/mol. The van der Waals surface area contributed by atoms with Crippen LogP contribution >= 0.6 is 0 Å². The number of benzene rings is 1. The maximum atomic E-state index is 9.47. The number of hydrogen-bond acceptors (Lipinski definition) is 3. The molecule has 0 spiro atoms. The molecule has 0 aliphatic heterocycles. The van der Waals surface area contributed by atoms with Gasteiger partial charge in [0.25, 0.3) is 0 Å². The highest BCUT2D eigenvalue weighted by atomic mass is 16.3. The monoisotopic (exact) mass is 253 g/mol. The van der Waals surface area contributed by atoms with E-state index in [0.717, 1.165) is 22.5 Å². The van der Waals surface area contributed by atoms with Gasteiger partial charge in [0, 0.05) is 30.9 Å². The first kappa shape index (κ1) is 11.7. The van der Waals surface area contributed by atoms with E-state index in [1.807, 2.05) is 41.1 Å². The number of nitrogens with two attached hydrogens (primary N) is 1. The second-order valence-corrected chi connectivity index (χ2v) is 4.55. The summed E-state index contributed by atoms with van der Waals surface area (Å²) in [6.45, 7) is 0.479. The van der Waals surface area contributed by atoms with Crippen LogP contribution in [0.2, 0.25) is 0 Å². The number of pyridine rings is 1. The topological polar surface area (TPSA) is 63.5 Å². The van der Waals surface area contributed by atoms with E-state index in [0.29, 0.717) is 13.0 Å². The van der Waals surface area contributed by atoms with Crippen LogP contribution in [0.4, 0.5) is 0 Å². The van der Waals surface area contributed by atoms with Crippen molar-refractivity contribution in [2.24, 2.45) is 5.73 Å². The second-order valence-electron chi connectivity index (χ2n) is 4.55. The van der Waals surface area contributed by atoms with Crippen molar-refractivity contribution in [3.05, 3.63) is 65.6 Å². The fraction of sp³-hybridized carbons (Fsp3) is 0.133. The van der Waals surface area contributed by atoms with Gasteiger partial charge >= 0.3 is 0 Å². The highest BCUT2D eigenvalue weighted by Gasteiger charge is 2.06. The van der Waals surface area contributed by atoms with Crippen LogP contribution in [0.5, 0.6) is 5.75 Å². The molecule has 0 aliphatic carbocycles. The molecule has 19 heavy (non-hydrogen) atoms. The average Bonchev–Trinajstić information content (AvgIpc) is 2.80. The van der Waals surface area contributed by atoms with E-state index < -0.39 is 0 Å². The van der Waals surface area contributed by atoms with Crippen LogP contribution in [-0.2, 0) is 13.0 Å². The molecule has 1 aromatic carbocycles. The van der Waals surface area contributed by atoms with E-state index in [-0.39, 0.29) is 5.75 Å². The number of hydrogen-bond donors (Lipinski definition) is 2. The quantitative estimate of drug-likeness (QED) is 0.751. The number of fused-ring (bicyclic) bond motifs is 1. The summed E-state index contributed by atoms with van der Waals surface area (Å²) in [7, 11) is 0. The van der Waals surface area contributed by atoms with Gasteiger partial charge in [0.2, 0.25) is 0 Å². The Hall–Kier alpha value is -2.33. The van der Waals surface area contributed by atoms with Gasteiger partial charge in [-0.15, -0.1) is 0 Å². The zero-order valence-corrected chi connectivity index (χ0v) is 10.5. The maximum Gasteiger partial charge on any atom is 0.141 e. The lowest BCUT2D eigenvalue weighted by Gasteiger charge is -1.98. The number of phenolic OH excluding ortho intramolecular Hbond substituents is 1. The molecule has 0 aliphatic rings. The van der Waals surface area contributed by atoms with E-state index in [1.165, 1.54) is 0 Å². The first-order valence-corrected chi connectivity index (χ1v) is 6.20. The Morgan fingerprint density at radius 2 is 2.11 bits per heavy atom. The third-order valence-corrected chi connectivity index (χ3v) is 3.13. The number of aromatic nitrogens is 2. The SMILES string of the molecule is NCc1cccn2cc(Cc3cccc(O)c3)nc12. The van der Waals surface area contributed by atoms with Gasteiger partial charge in [0.1, 0.15) is 11.4 Å². The third kappa shape index (κ3) is 2.30. The van der Waals surface area contributed by atoms with Crippen LogP contribution in [0, 0.1) is 0 Å². The molecule has 0 fully saturated rings. The maximum absolute atomic E-state index is 9.47. The molecule has 0 atom stereocenters. The molecular formula is C15H15N3O. The van der Waals surface area contributed by atoms with E-state index in [1.54, 1.807) is 12.1 Å². The van der Waals surface area contributed by atoms with E-state index in [4.69, 9.17) is 5.73 Å². The molecule has 3 rings (SSSR count). The smallest absolute Gasteiger partial charge is 0.141 e. The van der Waals surface area contributed by atoms with Crippen LogP contribution < -0.4 is 5.73 Å². The molecule has 2 aromatic heterocycles. The summed E-state index contributed by atoms with van der Waals surface area (Å²) in [5.41, 5.74) is 9.65. The third-order valence-electron chi connectivity index (χ3n) is 3.13. The molecule has 2 heterocycles. The molecule has 4 heteroatoms. The predicted molar refractivity (Wildman–Crippen MR) is 74.0 cm³/mol. The largest absolute Gasteiger partial charge is 0.508 e. The minimum Gasteiger partial charge on any atom is -0.508 e.